The fraction of sp³-hybridized carbons (Fsp3) is 0.727. The summed E-state index contributed by atoms with van der Waals surface area (Å²) in [6, 6.07) is 0. The molecule has 0 fully saturated rings. The predicted octanol–water partition coefficient (Wildman–Crippen LogP) is 3.79. The van der Waals surface area contributed by atoms with Gasteiger partial charge in [-0.1, -0.05) is 23.5 Å². The Balaban J connectivity index is 4.36. The van der Waals surface area contributed by atoms with E-state index in [0.29, 0.717) is 8.77 Å². The van der Waals surface area contributed by atoms with Crippen molar-refractivity contribution in [3.8, 4) is 0 Å². The second-order valence-electron chi connectivity index (χ2n) is 4.01. The molecule has 7 heteroatoms. The van der Waals surface area contributed by atoms with Crippen molar-refractivity contribution in [2.75, 3.05) is 0 Å². The van der Waals surface area contributed by atoms with Gasteiger partial charge >= 0.3 is 0 Å². The number of ketones is 1. The Labute approximate surface area is 128 Å². The molecule has 0 aliphatic rings. The van der Waals surface area contributed by atoms with Crippen molar-refractivity contribution in [1.82, 2.24) is 0 Å². The third kappa shape index (κ3) is 9.13. The standard InChI is InChI=1S/C11H18O3S4/c1-6(2)13-10(15)17-9(8(5)12)18-11(16)14-7(3)4/h6-7,9H,1-5H3. The zero-order chi connectivity index (χ0) is 14.3. The number of ether oxygens (including phenoxy) is 2. The number of rotatable bonds is 5. The minimum absolute atomic E-state index is 0.00136. The van der Waals surface area contributed by atoms with Crippen molar-refractivity contribution in [3.05, 3.63) is 0 Å². The molecule has 0 bridgehead atoms. The predicted molar refractivity (Wildman–Crippen MR) is 87.3 cm³/mol. The molecular weight excluding hydrogens is 308 g/mol. The van der Waals surface area contributed by atoms with Crippen LogP contribution in [0.25, 0.3) is 0 Å². The van der Waals surface area contributed by atoms with Gasteiger partial charge in [0.25, 0.3) is 0 Å². The van der Waals surface area contributed by atoms with E-state index in [2.05, 4.69) is 0 Å². The highest BCUT2D eigenvalue weighted by Gasteiger charge is 2.22. The van der Waals surface area contributed by atoms with E-state index >= 15 is 0 Å². The van der Waals surface area contributed by atoms with Gasteiger partial charge in [-0.15, -0.1) is 0 Å². The fourth-order valence-electron chi connectivity index (χ4n) is 0.805. The molecule has 0 amide bonds. The van der Waals surface area contributed by atoms with Crippen LogP contribution in [0.5, 0.6) is 0 Å². The van der Waals surface area contributed by atoms with Crippen molar-refractivity contribution in [2.24, 2.45) is 0 Å². The molecule has 0 atom stereocenters. The topological polar surface area (TPSA) is 35.5 Å². The minimum Gasteiger partial charge on any atom is -0.476 e. The van der Waals surface area contributed by atoms with Crippen molar-refractivity contribution >= 4 is 62.5 Å². The summed E-state index contributed by atoms with van der Waals surface area (Å²) in [5, 5.41) is 0. The summed E-state index contributed by atoms with van der Waals surface area (Å²) in [6.45, 7) is 9.04. The van der Waals surface area contributed by atoms with Gasteiger partial charge in [0.15, 0.2) is 5.78 Å². The van der Waals surface area contributed by atoms with Crippen LogP contribution in [0, 0.1) is 0 Å². The summed E-state index contributed by atoms with van der Waals surface area (Å²) in [5.41, 5.74) is 0. The van der Waals surface area contributed by atoms with Crippen LogP contribution in [-0.2, 0) is 14.3 Å². The SMILES string of the molecule is CC(=O)C(SC(=S)OC(C)C)SC(=S)OC(C)C. The van der Waals surface area contributed by atoms with Gasteiger partial charge in [0.05, 0.1) is 12.2 Å². The molecule has 0 aromatic carbocycles. The highest BCUT2D eigenvalue weighted by atomic mass is 32.2. The van der Waals surface area contributed by atoms with Crippen molar-refractivity contribution < 1.29 is 14.3 Å². The van der Waals surface area contributed by atoms with Gasteiger partial charge in [-0.25, -0.2) is 0 Å². The van der Waals surface area contributed by atoms with Crippen molar-refractivity contribution in [1.29, 1.82) is 0 Å². The summed E-state index contributed by atoms with van der Waals surface area (Å²) in [6.07, 6.45) is 0.00273. The Kier molecular flexibility index (Phi) is 9.19. The lowest BCUT2D eigenvalue weighted by Gasteiger charge is -2.17. The van der Waals surface area contributed by atoms with E-state index in [-0.39, 0.29) is 18.0 Å². The lowest BCUT2D eigenvalue weighted by atomic mass is 10.5. The number of thiocarbonyl (C=S) groups is 2. The molecule has 0 aromatic rings. The van der Waals surface area contributed by atoms with Crippen LogP contribution in [0.1, 0.15) is 34.6 Å². The Hall–Kier alpha value is 0.150. The maximum atomic E-state index is 11.5. The average molecular weight is 327 g/mol. The molecule has 0 aliphatic carbocycles. The second-order valence-corrected chi connectivity index (χ2v) is 7.72. The maximum Gasteiger partial charge on any atom is 0.221 e. The van der Waals surface area contributed by atoms with Gasteiger partial charge in [0, 0.05) is 0 Å². The monoisotopic (exact) mass is 326 g/mol. The van der Waals surface area contributed by atoms with Gasteiger partial charge in [0.1, 0.15) is 4.58 Å². The molecule has 0 radical (unpaired) electrons. The van der Waals surface area contributed by atoms with Gasteiger partial charge in [0.2, 0.25) is 8.77 Å². The fourth-order valence-corrected chi connectivity index (χ4v) is 4.03. The molecule has 0 spiro atoms. The molecule has 104 valence electrons. The number of hydrogen-bond donors (Lipinski definition) is 0. The van der Waals surface area contributed by atoms with E-state index in [1.165, 1.54) is 30.4 Å². The molecule has 0 N–H and O–H groups in total. The van der Waals surface area contributed by atoms with E-state index in [0.717, 1.165) is 0 Å². The molecule has 0 unspecified atom stereocenters. The Morgan fingerprint density at radius 1 is 0.944 bits per heavy atom. The van der Waals surface area contributed by atoms with Gasteiger partial charge in [-0.2, -0.15) is 0 Å². The van der Waals surface area contributed by atoms with Crippen molar-refractivity contribution in [2.45, 2.75) is 51.4 Å². The van der Waals surface area contributed by atoms with E-state index in [1.54, 1.807) is 0 Å². The first kappa shape index (κ1) is 18.1. The molecule has 0 saturated carbocycles. The van der Waals surface area contributed by atoms with Crippen LogP contribution in [0.3, 0.4) is 0 Å². The van der Waals surface area contributed by atoms with E-state index in [9.17, 15) is 4.79 Å². The van der Waals surface area contributed by atoms with E-state index in [1.807, 2.05) is 27.7 Å². The maximum absolute atomic E-state index is 11.5. The second kappa shape index (κ2) is 9.12. The zero-order valence-corrected chi connectivity index (χ0v) is 14.4. The molecule has 0 aromatic heterocycles. The zero-order valence-electron chi connectivity index (χ0n) is 11.1. The summed E-state index contributed by atoms with van der Waals surface area (Å²) in [5.74, 6) is -0.0191. The van der Waals surface area contributed by atoms with E-state index in [4.69, 9.17) is 33.9 Å². The highest BCUT2D eigenvalue weighted by Crippen LogP contribution is 2.29. The van der Waals surface area contributed by atoms with Gasteiger partial charge in [-0.05, 0) is 59.1 Å². The average Bonchev–Trinajstić information content (AvgIpc) is 2.13. The largest absolute Gasteiger partial charge is 0.476 e. The lowest BCUT2D eigenvalue weighted by molar-refractivity contribution is -0.115. The smallest absolute Gasteiger partial charge is 0.221 e. The summed E-state index contributed by atoms with van der Waals surface area (Å²) in [7, 11) is 0. The molecule has 0 rings (SSSR count). The number of hydrogen-bond acceptors (Lipinski definition) is 7. The third-order valence-electron chi connectivity index (χ3n) is 1.40. The minimum atomic E-state index is -0.414. The number of carbonyl (C=O) groups excluding carboxylic acids is 1. The molecule has 18 heavy (non-hydrogen) atoms. The molecule has 0 saturated heterocycles. The molecule has 0 heterocycles. The first-order valence-corrected chi connectivity index (χ1v) is 8.05. The van der Waals surface area contributed by atoms with Crippen LogP contribution in [-0.4, -0.2) is 31.3 Å². The van der Waals surface area contributed by atoms with Gasteiger partial charge in [-0.3, -0.25) is 4.79 Å². The summed E-state index contributed by atoms with van der Waals surface area (Å²) in [4.78, 5) is 11.5. The van der Waals surface area contributed by atoms with Crippen LogP contribution in [0.2, 0.25) is 0 Å². The number of Topliss-reactive ketones (excluding diaryl/α,β-unsaturated/α-hetero) is 1. The number of thioether (sulfide) groups is 2. The lowest BCUT2D eigenvalue weighted by Crippen LogP contribution is -2.18. The van der Waals surface area contributed by atoms with Crippen LogP contribution < -0.4 is 0 Å². The quantitative estimate of drug-likeness (QED) is 0.562. The van der Waals surface area contributed by atoms with E-state index < -0.39 is 4.58 Å². The summed E-state index contributed by atoms with van der Waals surface area (Å²) < 4.78 is 11.0. The van der Waals surface area contributed by atoms with Crippen LogP contribution in [0.4, 0.5) is 0 Å². The molecule has 3 nitrogen and oxygen atoms in total. The Morgan fingerprint density at radius 2 is 1.28 bits per heavy atom. The molecular formula is C11H18O3S4. The van der Waals surface area contributed by atoms with Gasteiger partial charge < -0.3 is 9.47 Å². The Bertz CT molecular complexity index is 291. The van der Waals surface area contributed by atoms with Crippen LogP contribution >= 0.6 is 48.0 Å². The first-order valence-electron chi connectivity index (χ1n) is 5.47. The third-order valence-corrected chi connectivity index (χ3v) is 4.42. The number of carbonyl (C=O) groups is 1. The highest BCUT2D eigenvalue weighted by molar-refractivity contribution is 8.36. The normalized spacial score (nSPS) is 10.9. The first-order chi connectivity index (χ1) is 8.22. The van der Waals surface area contributed by atoms with Crippen molar-refractivity contribution in [3.63, 3.8) is 0 Å². The van der Waals surface area contributed by atoms with Crippen LogP contribution in [0.15, 0.2) is 0 Å². The Morgan fingerprint density at radius 3 is 1.50 bits per heavy atom. The molecule has 0 aliphatic heterocycles. The summed E-state index contributed by atoms with van der Waals surface area (Å²) >= 11 is 12.5.